The van der Waals surface area contributed by atoms with Crippen LogP contribution in [0, 0.1) is 11.8 Å². The van der Waals surface area contributed by atoms with Crippen LogP contribution in [0.4, 0.5) is 11.4 Å². The summed E-state index contributed by atoms with van der Waals surface area (Å²) in [6.07, 6.45) is 1.40. The first kappa shape index (κ1) is 20.9. The number of hydrogen-bond donors (Lipinski definition) is 1. The topological polar surface area (TPSA) is 24.5 Å². The maximum atomic E-state index is 5.90. The Kier molecular flexibility index (Phi) is 5.26. The number of rotatable bonds is 7. The van der Waals surface area contributed by atoms with E-state index in [4.69, 9.17) is 4.74 Å². The van der Waals surface area contributed by atoms with Crippen molar-refractivity contribution in [2.24, 2.45) is 11.8 Å². The van der Waals surface area contributed by atoms with Gasteiger partial charge in [0.15, 0.2) is 0 Å². The smallest absolute Gasteiger partial charge is 0.144 e. The summed E-state index contributed by atoms with van der Waals surface area (Å²) in [6, 6.07) is 38.7. The summed E-state index contributed by atoms with van der Waals surface area (Å²) in [7, 11) is 1.78. The van der Waals surface area contributed by atoms with Gasteiger partial charge in [0.1, 0.15) is 11.3 Å². The Bertz CT molecular complexity index is 1150. The van der Waals surface area contributed by atoms with E-state index in [-0.39, 0.29) is 0 Å². The van der Waals surface area contributed by atoms with Gasteiger partial charge in [-0.2, -0.15) is 0 Å². The molecule has 0 radical (unpaired) electrons. The van der Waals surface area contributed by atoms with Gasteiger partial charge in [0.25, 0.3) is 0 Å². The molecule has 1 heterocycles. The van der Waals surface area contributed by atoms with Crippen molar-refractivity contribution in [2.45, 2.75) is 12.0 Å². The molecule has 1 aliphatic carbocycles. The second-order valence-electron chi connectivity index (χ2n) is 9.52. The third-order valence-corrected chi connectivity index (χ3v) is 7.45. The molecule has 4 aromatic rings. The van der Waals surface area contributed by atoms with Crippen molar-refractivity contribution in [1.82, 2.24) is 0 Å². The number of fused-ring (bicyclic) bond motifs is 1. The summed E-state index contributed by atoms with van der Waals surface area (Å²) >= 11 is 0. The van der Waals surface area contributed by atoms with Gasteiger partial charge in [-0.05, 0) is 47.1 Å². The molecule has 2 aliphatic rings. The van der Waals surface area contributed by atoms with Crippen LogP contribution in [0.15, 0.2) is 109 Å². The second-order valence-corrected chi connectivity index (χ2v) is 9.52. The van der Waals surface area contributed by atoms with Crippen molar-refractivity contribution in [2.75, 3.05) is 30.4 Å². The van der Waals surface area contributed by atoms with Crippen LogP contribution >= 0.6 is 0 Å². The number of piperidine rings is 1. The Balaban J connectivity index is 1.47. The van der Waals surface area contributed by atoms with E-state index >= 15 is 0 Å². The van der Waals surface area contributed by atoms with Gasteiger partial charge in [0, 0.05) is 24.8 Å². The molecule has 170 valence electrons. The van der Waals surface area contributed by atoms with E-state index in [0.717, 1.165) is 36.4 Å². The first-order valence-electron chi connectivity index (χ1n) is 12.2. The fourth-order valence-electron chi connectivity index (χ4n) is 5.61. The van der Waals surface area contributed by atoms with Crippen LogP contribution in [0.3, 0.4) is 0 Å². The number of nitrogens with one attached hydrogen (secondary N) is 1. The van der Waals surface area contributed by atoms with Crippen LogP contribution in [-0.2, 0) is 5.54 Å². The number of methoxy groups -OCH3 is 1. The summed E-state index contributed by atoms with van der Waals surface area (Å²) < 4.78 is 5.90. The monoisotopic (exact) mass is 446 g/mol. The summed E-state index contributed by atoms with van der Waals surface area (Å²) in [4.78, 5) is 2.49. The average molecular weight is 447 g/mol. The largest absolute Gasteiger partial charge is 0.495 e. The van der Waals surface area contributed by atoms with Crippen molar-refractivity contribution in [3.8, 4) is 5.75 Å². The third-order valence-electron chi connectivity index (χ3n) is 7.45. The molecule has 0 aromatic heterocycles. The SMILES string of the molecule is COc1cc(NC(c2ccccc2)(c2ccccc2)c2ccccc2)ccc1N1CC2CC2C1. The number of benzene rings is 4. The Hall–Kier alpha value is -3.72. The lowest BCUT2D eigenvalue weighted by molar-refractivity contribution is 0.414. The molecule has 0 amide bonds. The van der Waals surface area contributed by atoms with Crippen LogP contribution in [-0.4, -0.2) is 20.2 Å². The van der Waals surface area contributed by atoms with Crippen LogP contribution in [0.25, 0.3) is 0 Å². The Morgan fingerprint density at radius 2 is 1.21 bits per heavy atom. The Morgan fingerprint density at radius 3 is 1.68 bits per heavy atom. The van der Waals surface area contributed by atoms with Crippen molar-refractivity contribution in [3.63, 3.8) is 0 Å². The van der Waals surface area contributed by atoms with Crippen LogP contribution in [0.2, 0.25) is 0 Å². The van der Waals surface area contributed by atoms with Gasteiger partial charge in [0.2, 0.25) is 0 Å². The van der Waals surface area contributed by atoms with Gasteiger partial charge in [0.05, 0.1) is 12.8 Å². The van der Waals surface area contributed by atoms with Crippen molar-refractivity contribution in [1.29, 1.82) is 0 Å². The van der Waals surface area contributed by atoms with Crippen LogP contribution in [0.5, 0.6) is 5.75 Å². The second kappa shape index (κ2) is 8.57. The van der Waals surface area contributed by atoms with Crippen molar-refractivity contribution in [3.05, 3.63) is 126 Å². The minimum absolute atomic E-state index is 0.550. The zero-order chi connectivity index (χ0) is 23.0. The third kappa shape index (κ3) is 3.62. The Labute approximate surface area is 202 Å². The quantitative estimate of drug-likeness (QED) is 0.326. The zero-order valence-electron chi connectivity index (χ0n) is 19.5. The average Bonchev–Trinajstić information content (AvgIpc) is 3.53. The molecule has 2 unspecified atom stereocenters. The standard InChI is InChI=1S/C31H30N2O/c1-34-30-20-28(17-18-29(30)33-21-23-19-24(23)22-33)32-31(25-11-5-2-6-12-25,26-13-7-3-8-14-26)27-15-9-4-10-16-27/h2-18,20,23-24,32H,19,21-22H2,1H3. The highest BCUT2D eigenvalue weighted by Crippen LogP contribution is 2.48. The highest BCUT2D eigenvalue weighted by molar-refractivity contribution is 5.69. The van der Waals surface area contributed by atoms with Gasteiger partial charge in [-0.15, -0.1) is 0 Å². The molecule has 0 spiro atoms. The number of ether oxygens (including phenoxy) is 1. The maximum absolute atomic E-state index is 5.90. The lowest BCUT2D eigenvalue weighted by Crippen LogP contribution is -2.38. The number of anilines is 2. The molecule has 1 saturated heterocycles. The molecule has 2 fully saturated rings. The fraction of sp³-hybridized carbons (Fsp3) is 0.226. The molecule has 1 saturated carbocycles. The highest BCUT2D eigenvalue weighted by atomic mass is 16.5. The van der Waals surface area contributed by atoms with Crippen LogP contribution < -0.4 is 15.0 Å². The Morgan fingerprint density at radius 1 is 0.706 bits per heavy atom. The van der Waals surface area contributed by atoms with Crippen LogP contribution in [0.1, 0.15) is 23.1 Å². The molecule has 4 aromatic carbocycles. The van der Waals surface area contributed by atoms with Crippen molar-refractivity contribution < 1.29 is 4.74 Å². The summed E-state index contributed by atoms with van der Waals surface area (Å²) in [5.74, 6) is 2.68. The van der Waals surface area contributed by atoms with Gasteiger partial charge >= 0.3 is 0 Å². The van der Waals surface area contributed by atoms with Gasteiger partial charge < -0.3 is 15.0 Å². The number of nitrogens with zero attached hydrogens (tertiary/aromatic N) is 1. The van der Waals surface area contributed by atoms with E-state index in [2.05, 4.69) is 119 Å². The summed E-state index contributed by atoms with van der Waals surface area (Å²) in [5, 5.41) is 3.95. The molecule has 2 atom stereocenters. The lowest BCUT2D eigenvalue weighted by Gasteiger charge is -2.38. The predicted molar refractivity (Wildman–Crippen MR) is 140 cm³/mol. The summed E-state index contributed by atoms with van der Waals surface area (Å²) in [5.41, 5.74) is 5.25. The van der Waals surface area contributed by atoms with Gasteiger partial charge in [-0.1, -0.05) is 91.0 Å². The first-order valence-corrected chi connectivity index (χ1v) is 12.2. The molecular formula is C31H30N2O. The molecule has 6 rings (SSSR count). The molecular weight excluding hydrogens is 416 g/mol. The van der Waals surface area contributed by atoms with E-state index in [1.807, 2.05) is 0 Å². The molecule has 1 aliphatic heterocycles. The number of hydrogen-bond acceptors (Lipinski definition) is 3. The minimum Gasteiger partial charge on any atom is -0.495 e. The van der Waals surface area contributed by atoms with Gasteiger partial charge in [-0.25, -0.2) is 0 Å². The predicted octanol–water partition coefficient (Wildman–Crippen LogP) is 6.56. The lowest BCUT2D eigenvalue weighted by atomic mass is 9.77. The molecule has 1 N–H and O–H groups in total. The maximum Gasteiger partial charge on any atom is 0.144 e. The van der Waals surface area contributed by atoms with Gasteiger partial charge in [-0.3, -0.25) is 0 Å². The van der Waals surface area contributed by atoms with E-state index in [1.54, 1.807) is 7.11 Å². The fourth-order valence-corrected chi connectivity index (χ4v) is 5.61. The van der Waals surface area contributed by atoms with E-state index in [1.165, 1.54) is 28.8 Å². The highest BCUT2D eigenvalue weighted by Gasteiger charge is 2.45. The minimum atomic E-state index is -0.550. The molecule has 34 heavy (non-hydrogen) atoms. The van der Waals surface area contributed by atoms with Crippen molar-refractivity contribution >= 4 is 11.4 Å². The first-order chi connectivity index (χ1) is 16.8. The van der Waals surface area contributed by atoms with E-state index in [9.17, 15) is 0 Å². The molecule has 0 bridgehead atoms. The zero-order valence-corrected chi connectivity index (χ0v) is 19.5. The summed E-state index contributed by atoms with van der Waals surface area (Å²) in [6.45, 7) is 2.30. The van der Waals surface area contributed by atoms with E-state index in [0.29, 0.717) is 0 Å². The normalized spacial score (nSPS) is 18.9. The molecule has 3 heteroatoms. The molecule has 3 nitrogen and oxygen atoms in total. The van der Waals surface area contributed by atoms with E-state index < -0.39 is 5.54 Å².